The van der Waals surface area contributed by atoms with Crippen molar-refractivity contribution in [2.24, 2.45) is 0 Å². The highest BCUT2D eigenvalue weighted by Crippen LogP contribution is 2.19. The fourth-order valence-corrected chi connectivity index (χ4v) is 3.04. The number of hydrogen-bond donors (Lipinski definition) is 1. The van der Waals surface area contributed by atoms with Gasteiger partial charge in [0, 0.05) is 0 Å². The minimum Gasteiger partial charge on any atom is -0.496 e. The average molecular weight is 425 g/mol. The standard InChI is InChI=1S/C22H20FN3O5/c1-13-20(14(2)26(25-13)16-10-8-15(23)9-11-16)22(29)31-12-19(27)24-21(28)17-6-4-5-7-18(17)30-3/h4-11H,12H2,1-3H3,(H,24,27,28). The summed E-state index contributed by atoms with van der Waals surface area (Å²) in [7, 11) is 1.41. The number of halogens is 1. The summed E-state index contributed by atoms with van der Waals surface area (Å²) >= 11 is 0. The van der Waals surface area contributed by atoms with E-state index in [1.165, 1.54) is 42.1 Å². The molecule has 0 saturated heterocycles. The zero-order valence-electron chi connectivity index (χ0n) is 17.1. The van der Waals surface area contributed by atoms with Gasteiger partial charge in [-0.1, -0.05) is 12.1 Å². The SMILES string of the molecule is COc1ccccc1C(=O)NC(=O)COC(=O)c1c(C)nn(-c2ccc(F)cc2)c1C. The van der Waals surface area contributed by atoms with Crippen molar-refractivity contribution >= 4 is 17.8 Å². The minimum absolute atomic E-state index is 0.178. The van der Waals surface area contributed by atoms with Gasteiger partial charge in [-0.15, -0.1) is 0 Å². The first kappa shape index (κ1) is 21.7. The minimum atomic E-state index is -0.787. The highest BCUT2D eigenvalue weighted by molar-refractivity contribution is 6.07. The number of benzene rings is 2. The molecule has 3 aromatic rings. The summed E-state index contributed by atoms with van der Waals surface area (Å²) in [5.41, 5.74) is 1.79. The van der Waals surface area contributed by atoms with Gasteiger partial charge in [0.1, 0.15) is 17.1 Å². The molecule has 0 spiro atoms. The van der Waals surface area contributed by atoms with Gasteiger partial charge in [-0.05, 0) is 50.2 Å². The van der Waals surface area contributed by atoms with E-state index >= 15 is 0 Å². The summed E-state index contributed by atoms with van der Waals surface area (Å²) in [5, 5.41) is 6.44. The van der Waals surface area contributed by atoms with E-state index < -0.39 is 30.2 Å². The number of aryl methyl sites for hydroxylation is 1. The topological polar surface area (TPSA) is 99.5 Å². The smallest absolute Gasteiger partial charge is 0.342 e. The Labute approximate surface area is 177 Å². The molecule has 31 heavy (non-hydrogen) atoms. The highest BCUT2D eigenvalue weighted by atomic mass is 19.1. The van der Waals surface area contributed by atoms with Crippen molar-refractivity contribution < 1.29 is 28.2 Å². The lowest BCUT2D eigenvalue weighted by Gasteiger charge is -2.09. The number of ether oxygens (including phenoxy) is 2. The normalized spacial score (nSPS) is 10.5. The van der Waals surface area contributed by atoms with Crippen LogP contribution in [-0.2, 0) is 9.53 Å². The second-order valence-electron chi connectivity index (χ2n) is 6.59. The molecule has 0 atom stereocenters. The maximum atomic E-state index is 13.2. The van der Waals surface area contributed by atoms with E-state index in [0.717, 1.165) is 0 Å². The number of para-hydroxylation sites is 1. The Hall–Kier alpha value is -4.01. The van der Waals surface area contributed by atoms with E-state index in [1.807, 2.05) is 0 Å². The van der Waals surface area contributed by atoms with Gasteiger partial charge >= 0.3 is 5.97 Å². The Morgan fingerprint density at radius 2 is 1.74 bits per heavy atom. The number of amides is 2. The number of carbonyl (C=O) groups is 3. The fraction of sp³-hybridized carbons (Fsp3) is 0.182. The molecule has 9 heteroatoms. The van der Waals surface area contributed by atoms with Crippen molar-refractivity contribution in [1.82, 2.24) is 15.1 Å². The van der Waals surface area contributed by atoms with Crippen LogP contribution in [0.3, 0.4) is 0 Å². The van der Waals surface area contributed by atoms with E-state index in [-0.39, 0.29) is 11.1 Å². The van der Waals surface area contributed by atoms with E-state index in [1.54, 1.807) is 32.0 Å². The third-order valence-electron chi connectivity index (χ3n) is 4.51. The molecule has 0 saturated carbocycles. The predicted molar refractivity (Wildman–Crippen MR) is 109 cm³/mol. The quantitative estimate of drug-likeness (QED) is 0.610. The number of carbonyl (C=O) groups excluding carboxylic acids is 3. The van der Waals surface area contributed by atoms with Crippen molar-refractivity contribution in [2.75, 3.05) is 13.7 Å². The molecule has 2 aromatic carbocycles. The largest absolute Gasteiger partial charge is 0.496 e. The number of methoxy groups -OCH3 is 1. The van der Waals surface area contributed by atoms with Crippen LogP contribution in [0, 0.1) is 19.7 Å². The Morgan fingerprint density at radius 1 is 1.06 bits per heavy atom. The molecule has 0 aliphatic heterocycles. The molecular formula is C22H20FN3O5. The lowest BCUT2D eigenvalue weighted by molar-refractivity contribution is -0.123. The van der Waals surface area contributed by atoms with Crippen molar-refractivity contribution in [3.63, 3.8) is 0 Å². The van der Waals surface area contributed by atoms with Gasteiger partial charge in [-0.2, -0.15) is 5.10 Å². The van der Waals surface area contributed by atoms with Crippen LogP contribution in [0.5, 0.6) is 5.75 Å². The predicted octanol–water partition coefficient (Wildman–Crippen LogP) is 2.75. The van der Waals surface area contributed by atoms with Crippen molar-refractivity contribution in [3.05, 3.63) is 76.9 Å². The molecule has 1 N–H and O–H groups in total. The third kappa shape index (κ3) is 4.77. The van der Waals surface area contributed by atoms with Gasteiger partial charge in [0.25, 0.3) is 11.8 Å². The van der Waals surface area contributed by atoms with Gasteiger partial charge in [-0.3, -0.25) is 14.9 Å². The number of aromatic nitrogens is 2. The maximum absolute atomic E-state index is 13.2. The summed E-state index contributed by atoms with van der Waals surface area (Å²) in [6.45, 7) is 2.63. The van der Waals surface area contributed by atoms with Gasteiger partial charge in [0.15, 0.2) is 6.61 Å². The average Bonchev–Trinajstić information content (AvgIpc) is 3.06. The van der Waals surface area contributed by atoms with Gasteiger partial charge in [-0.25, -0.2) is 13.9 Å². The molecule has 3 rings (SSSR count). The Bertz CT molecular complexity index is 1140. The number of nitrogens with zero attached hydrogens (tertiary/aromatic N) is 2. The van der Waals surface area contributed by atoms with Crippen LogP contribution >= 0.6 is 0 Å². The fourth-order valence-electron chi connectivity index (χ4n) is 3.04. The molecule has 0 aliphatic carbocycles. The van der Waals surface area contributed by atoms with E-state index in [9.17, 15) is 18.8 Å². The second kappa shape index (κ2) is 9.21. The zero-order valence-corrected chi connectivity index (χ0v) is 17.1. The maximum Gasteiger partial charge on any atom is 0.342 e. The van der Waals surface area contributed by atoms with E-state index in [4.69, 9.17) is 9.47 Å². The Kier molecular flexibility index (Phi) is 6.44. The molecular weight excluding hydrogens is 405 g/mol. The van der Waals surface area contributed by atoms with Crippen LogP contribution in [-0.4, -0.2) is 41.3 Å². The second-order valence-corrected chi connectivity index (χ2v) is 6.59. The van der Waals surface area contributed by atoms with Crippen LogP contribution in [0.2, 0.25) is 0 Å². The summed E-state index contributed by atoms with van der Waals surface area (Å²) < 4.78 is 24.8. The molecule has 0 bridgehead atoms. The molecule has 1 aromatic heterocycles. The Balaban J connectivity index is 1.66. The number of imide groups is 1. The molecule has 1 heterocycles. The number of hydrogen-bond acceptors (Lipinski definition) is 6. The molecule has 2 amide bonds. The van der Waals surface area contributed by atoms with Crippen LogP contribution in [0.25, 0.3) is 5.69 Å². The molecule has 160 valence electrons. The van der Waals surface area contributed by atoms with Crippen LogP contribution in [0.15, 0.2) is 48.5 Å². The molecule has 8 nitrogen and oxygen atoms in total. The molecule has 0 aliphatic rings. The summed E-state index contributed by atoms with van der Waals surface area (Å²) in [6, 6.07) is 12.0. The van der Waals surface area contributed by atoms with Gasteiger partial charge < -0.3 is 9.47 Å². The van der Waals surface area contributed by atoms with Crippen molar-refractivity contribution in [2.45, 2.75) is 13.8 Å². The third-order valence-corrected chi connectivity index (χ3v) is 4.51. The summed E-state index contributed by atoms with van der Waals surface area (Å²) in [4.78, 5) is 36.9. The molecule has 0 unspecified atom stereocenters. The zero-order chi connectivity index (χ0) is 22.5. The molecule has 0 radical (unpaired) electrons. The van der Waals surface area contributed by atoms with Gasteiger partial charge in [0.05, 0.1) is 29.7 Å². The number of nitrogens with one attached hydrogen (secondary N) is 1. The molecule has 0 fully saturated rings. The summed E-state index contributed by atoms with van der Waals surface area (Å²) in [6.07, 6.45) is 0. The van der Waals surface area contributed by atoms with Crippen LogP contribution in [0.4, 0.5) is 4.39 Å². The van der Waals surface area contributed by atoms with Crippen molar-refractivity contribution in [1.29, 1.82) is 0 Å². The first-order valence-electron chi connectivity index (χ1n) is 9.28. The van der Waals surface area contributed by atoms with Gasteiger partial charge in [0.2, 0.25) is 0 Å². The monoisotopic (exact) mass is 425 g/mol. The van der Waals surface area contributed by atoms with Crippen LogP contribution < -0.4 is 10.1 Å². The highest BCUT2D eigenvalue weighted by Gasteiger charge is 2.22. The Morgan fingerprint density at radius 3 is 2.42 bits per heavy atom. The first-order chi connectivity index (χ1) is 14.8. The number of rotatable bonds is 6. The van der Waals surface area contributed by atoms with Crippen molar-refractivity contribution in [3.8, 4) is 11.4 Å². The lowest BCUT2D eigenvalue weighted by atomic mass is 10.2. The van der Waals surface area contributed by atoms with E-state index in [2.05, 4.69) is 10.4 Å². The lowest BCUT2D eigenvalue weighted by Crippen LogP contribution is -2.34. The first-order valence-corrected chi connectivity index (χ1v) is 9.28. The van der Waals surface area contributed by atoms with E-state index in [0.29, 0.717) is 22.8 Å². The van der Waals surface area contributed by atoms with Crippen LogP contribution in [0.1, 0.15) is 32.1 Å². The number of esters is 1. The summed E-state index contributed by atoms with van der Waals surface area (Å²) in [5.74, 6) is -2.30.